The van der Waals surface area contributed by atoms with E-state index in [9.17, 15) is 4.79 Å². The van der Waals surface area contributed by atoms with Gasteiger partial charge < -0.3 is 10.2 Å². The Morgan fingerprint density at radius 3 is 2.78 bits per heavy atom. The molecule has 0 bridgehead atoms. The van der Waals surface area contributed by atoms with Crippen LogP contribution >= 0.6 is 23.2 Å². The average molecular weight is 291 g/mol. The highest BCUT2D eigenvalue weighted by Gasteiger charge is 2.13. The van der Waals surface area contributed by atoms with Crippen molar-refractivity contribution in [1.29, 1.82) is 0 Å². The Bertz CT molecular complexity index is 426. The quantitative estimate of drug-likeness (QED) is 0.843. The highest BCUT2D eigenvalue weighted by Crippen LogP contribution is 2.22. The van der Waals surface area contributed by atoms with E-state index < -0.39 is 0 Å². The van der Waals surface area contributed by atoms with Gasteiger partial charge in [-0.25, -0.2) is 4.98 Å². The van der Waals surface area contributed by atoms with Gasteiger partial charge in [0.25, 0.3) is 0 Å². The molecule has 1 aromatic rings. The zero-order valence-corrected chi connectivity index (χ0v) is 12.1. The monoisotopic (exact) mass is 290 g/mol. The molecule has 0 saturated carbocycles. The maximum atomic E-state index is 11.7. The summed E-state index contributed by atoms with van der Waals surface area (Å²) in [5.74, 6) is 0.768. The lowest BCUT2D eigenvalue weighted by Crippen LogP contribution is -2.37. The largest absolute Gasteiger partial charge is 0.354 e. The number of nitrogens with one attached hydrogen (secondary N) is 1. The van der Waals surface area contributed by atoms with Crippen molar-refractivity contribution in [3.63, 3.8) is 0 Å². The van der Waals surface area contributed by atoms with Gasteiger partial charge in [-0.1, -0.05) is 25.4 Å². The van der Waals surface area contributed by atoms with E-state index in [0.717, 1.165) is 0 Å². The summed E-state index contributed by atoms with van der Waals surface area (Å²) in [4.78, 5) is 21.0. The van der Waals surface area contributed by atoms with E-state index in [1.807, 2.05) is 13.8 Å². The summed E-state index contributed by atoms with van der Waals surface area (Å²) in [6.45, 7) is 4.88. The number of hydrogen-bond donors (Lipinski definition) is 1. The molecule has 0 aliphatic rings. The van der Waals surface area contributed by atoms with E-state index in [1.165, 1.54) is 6.20 Å². The minimum Gasteiger partial charge on any atom is -0.354 e. The Morgan fingerprint density at radius 2 is 2.17 bits per heavy atom. The third-order valence-electron chi connectivity index (χ3n) is 2.15. The Hall–Kier alpha value is -1.07. The smallest absolute Gasteiger partial charge is 0.239 e. The van der Waals surface area contributed by atoms with Gasteiger partial charge in [0.1, 0.15) is 5.02 Å². The maximum Gasteiger partial charge on any atom is 0.239 e. The van der Waals surface area contributed by atoms with Crippen LogP contribution in [0.1, 0.15) is 13.8 Å². The van der Waals surface area contributed by atoms with Crippen LogP contribution in [-0.4, -0.2) is 36.0 Å². The van der Waals surface area contributed by atoms with Crippen LogP contribution in [0.15, 0.2) is 6.20 Å². The molecule has 7 heteroatoms. The summed E-state index contributed by atoms with van der Waals surface area (Å²) >= 11 is 11.6. The van der Waals surface area contributed by atoms with E-state index in [-0.39, 0.29) is 17.7 Å². The molecule has 100 valence electrons. The van der Waals surface area contributed by atoms with Crippen molar-refractivity contribution in [3.05, 3.63) is 16.5 Å². The van der Waals surface area contributed by atoms with Crippen LogP contribution in [-0.2, 0) is 4.79 Å². The minimum atomic E-state index is -0.0861. The van der Waals surface area contributed by atoms with Crippen molar-refractivity contribution in [1.82, 2.24) is 15.3 Å². The first-order valence-electron chi connectivity index (χ1n) is 5.56. The van der Waals surface area contributed by atoms with Gasteiger partial charge in [0.15, 0.2) is 5.82 Å². The number of rotatable bonds is 5. The molecule has 0 aliphatic heterocycles. The van der Waals surface area contributed by atoms with Gasteiger partial charge in [0.05, 0.1) is 12.7 Å². The number of likely N-dealkylation sites (N-methyl/N-ethyl adjacent to an activating group) is 1. The van der Waals surface area contributed by atoms with Gasteiger partial charge in [-0.3, -0.25) is 4.79 Å². The summed E-state index contributed by atoms with van der Waals surface area (Å²) in [5.41, 5.74) is 0. The molecule has 0 aliphatic carbocycles. The molecule has 0 spiro atoms. The molecule has 0 radical (unpaired) electrons. The normalized spacial score (nSPS) is 10.6. The summed E-state index contributed by atoms with van der Waals surface area (Å²) in [6.07, 6.45) is 1.41. The van der Waals surface area contributed by atoms with E-state index in [2.05, 4.69) is 15.3 Å². The van der Waals surface area contributed by atoms with Crippen LogP contribution in [0.4, 0.5) is 5.82 Å². The maximum absolute atomic E-state index is 11.7. The lowest BCUT2D eigenvalue weighted by Gasteiger charge is -2.19. The molecule has 1 aromatic heterocycles. The molecule has 1 heterocycles. The minimum absolute atomic E-state index is 0.0861. The van der Waals surface area contributed by atoms with Crippen molar-refractivity contribution in [2.75, 3.05) is 25.0 Å². The lowest BCUT2D eigenvalue weighted by molar-refractivity contribution is -0.119. The van der Waals surface area contributed by atoms with Gasteiger partial charge >= 0.3 is 0 Å². The Kier molecular flexibility index (Phi) is 5.62. The fourth-order valence-electron chi connectivity index (χ4n) is 1.27. The summed E-state index contributed by atoms with van der Waals surface area (Å²) in [5, 5.41) is 3.28. The molecule has 1 amide bonds. The fraction of sp³-hybridized carbons (Fsp3) is 0.545. The molecular weight excluding hydrogens is 275 g/mol. The van der Waals surface area contributed by atoms with Gasteiger partial charge in [-0.15, -0.1) is 0 Å². The Labute approximate surface area is 117 Å². The SMILES string of the molecule is CC(C)CNC(=O)CN(C)c1nc(Cl)ncc1Cl. The van der Waals surface area contributed by atoms with Crippen LogP contribution in [0, 0.1) is 5.92 Å². The van der Waals surface area contributed by atoms with Crippen molar-refractivity contribution < 1.29 is 4.79 Å². The number of carbonyl (C=O) groups is 1. The summed E-state index contributed by atoms with van der Waals surface area (Å²) in [7, 11) is 1.72. The van der Waals surface area contributed by atoms with E-state index in [4.69, 9.17) is 23.2 Å². The second kappa shape index (κ2) is 6.75. The second-order valence-corrected chi connectivity index (χ2v) is 5.11. The zero-order chi connectivity index (χ0) is 13.7. The first-order valence-corrected chi connectivity index (χ1v) is 6.31. The number of carbonyl (C=O) groups excluding carboxylic acids is 1. The van der Waals surface area contributed by atoms with Crippen molar-refractivity contribution >= 4 is 34.9 Å². The molecule has 1 rings (SSSR count). The van der Waals surface area contributed by atoms with Crippen LogP contribution in [0.2, 0.25) is 10.3 Å². The first kappa shape index (κ1) is 15.0. The molecule has 0 saturated heterocycles. The molecule has 0 unspecified atom stereocenters. The third-order valence-corrected chi connectivity index (χ3v) is 2.59. The van der Waals surface area contributed by atoms with Gasteiger partial charge in [-0.2, -0.15) is 4.98 Å². The number of halogens is 2. The second-order valence-electron chi connectivity index (χ2n) is 4.36. The molecule has 0 atom stereocenters. The highest BCUT2D eigenvalue weighted by molar-refractivity contribution is 6.33. The number of amides is 1. The standard InChI is InChI=1S/C11H16Cl2N4O/c1-7(2)4-14-9(18)6-17(3)10-8(12)5-15-11(13)16-10/h5,7H,4,6H2,1-3H3,(H,14,18). The van der Waals surface area contributed by atoms with Gasteiger partial charge in [0, 0.05) is 13.6 Å². The van der Waals surface area contributed by atoms with E-state index in [0.29, 0.717) is 23.3 Å². The van der Waals surface area contributed by atoms with Crippen LogP contribution in [0.5, 0.6) is 0 Å². The van der Waals surface area contributed by atoms with Crippen molar-refractivity contribution in [2.45, 2.75) is 13.8 Å². The molecule has 0 fully saturated rings. The number of aromatic nitrogens is 2. The fourth-order valence-corrected chi connectivity index (χ4v) is 1.63. The van der Waals surface area contributed by atoms with Gasteiger partial charge in [0.2, 0.25) is 11.2 Å². The van der Waals surface area contributed by atoms with Crippen LogP contribution < -0.4 is 10.2 Å². The topological polar surface area (TPSA) is 58.1 Å². The zero-order valence-electron chi connectivity index (χ0n) is 10.6. The summed E-state index contributed by atoms with van der Waals surface area (Å²) < 4.78 is 0. The number of nitrogens with zero attached hydrogens (tertiary/aromatic N) is 3. The number of anilines is 1. The average Bonchev–Trinajstić information content (AvgIpc) is 2.29. The predicted molar refractivity (Wildman–Crippen MR) is 73.2 cm³/mol. The molecule has 18 heavy (non-hydrogen) atoms. The highest BCUT2D eigenvalue weighted by atomic mass is 35.5. The predicted octanol–water partition coefficient (Wildman–Crippen LogP) is 1.99. The van der Waals surface area contributed by atoms with E-state index >= 15 is 0 Å². The lowest BCUT2D eigenvalue weighted by atomic mass is 10.2. The third kappa shape index (κ3) is 4.66. The van der Waals surface area contributed by atoms with Crippen molar-refractivity contribution in [2.24, 2.45) is 5.92 Å². The van der Waals surface area contributed by atoms with Crippen LogP contribution in [0.25, 0.3) is 0 Å². The van der Waals surface area contributed by atoms with Crippen molar-refractivity contribution in [3.8, 4) is 0 Å². The van der Waals surface area contributed by atoms with Gasteiger partial charge in [-0.05, 0) is 17.5 Å². The Morgan fingerprint density at radius 1 is 1.50 bits per heavy atom. The molecule has 1 N–H and O–H groups in total. The molecule has 5 nitrogen and oxygen atoms in total. The van der Waals surface area contributed by atoms with E-state index in [1.54, 1.807) is 11.9 Å². The van der Waals surface area contributed by atoms with Crippen LogP contribution in [0.3, 0.4) is 0 Å². The Balaban J connectivity index is 2.62. The first-order chi connectivity index (χ1) is 8.40. The molecular formula is C11H16Cl2N4O. The molecule has 0 aromatic carbocycles. The summed E-state index contributed by atoms with van der Waals surface area (Å²) in [6, 6.07) is 0. The number of hydrogen-bond acceptors (Lipinski definition) is 4.